The lowest BCUT2D eigenvalue weighted by molar-refractivity contribution is -0.169. The number of carbonyl (C=O) groups excluding carboxylic acids is 1. The number of nitrogens with zero attached hydrogens (tertiary/aromatic N) is 1. The number of hydrogen-bond donors (Lipinski definition) is 1. The van der Waals surface area contributed by atoms with E-state index in [1.165, 1.54) is 0 Å². The lowest BCUT2D eigenvalue weighted by Crippen LogP contribution is -2.64. The van der Waals surface area contributed by atoms with E-state index in [9.17, 15) is 9.90 Å². The number of carbonyl (C=O) groups is 1. The predicted octanol–water partition coefficient (Wildman–Crippen LogP) is 1.27. The first-order chi connectivity index (χ1) is 7.72. The first kappa shape index (κ1) is 9.85. The van der Waals surface area contributed by atoms with Crippen molar-refractivity contribution in [1.82, 2.24) is 4.90 Å². The minimum Gasteiger partial charge on any atom is -0.383 e. The summed E-state index contributed by atoms with van der Waals surface area (Å²) in [5, 5.41) is 10.8. The van der Waals surface area contributed by atoms with E-state index in [0.29, 0.717) is 12.8 Å². The zero-order valence-corrected chi connectivity index (χ0v) is 9.10. The average Bonchev–Trinajstić information content (AvgIpc) is 2.25. The normalized spacial score (nSPS) is 33.2. The van der Waals surface area contributed by atoms with Crippen LogP contribution in [0.1, 0.15) is 24.8 Å². The van der Waals surface area contributed by atoms with Crippen LogP contribution >= 0.6 is 0 Å². The third kappa shape index (κ3) is 1.21. The predicted molar refractivity (Wildman–Crippen MR) is 59.7 cm³/mol. The van der Waals surface area contributed by atoms with Crippen LogP contribution in [0.15, 0.2) is 30.3 Å². The van der Waals surface area contributed by atoms with Crippen LogP contribution in [-0.2, 0) is 10.4 Å². The summed E-state index contributed by atoms with van der Waals surface area (Å²) in [4.78, 5) is 13.4. The molecule has 1 amide bonds. The zero-order chi connectivity index (χ0) is 11.2. The Morgan fingerprint density at radius 3 is 2.69 bits per heavy atom. The number of fused-ring (bicyclic) bond motifs is 1. The van der Waals surface area contributed by atoms with E-state index in [0.717, 1.165) is 18.5 Å². The molecule has 3 rings (SSSR count). The summed E-state index contributed by atoms with van der Waals surface area (Å²) in [5.41, 5.74) is 0.116. The molecule has 84 valence electrons. The first-order valence-corrected chi connectivity index (χ1v) is 5.79. The van der Waals surface area contributed by atoms with E-state index in [2.05, 4.69) is 0 Å². The number of piperidine rings is 1. The van der Waals surface area contributed by atoms with Gasteiger partial charge in [-0.25, -0.2) is 0 Å². The highest BCUT2D eigenvalue weighted by Crippen LogP contribution is 2.43. The molecule has 2 fully saturated rings. The van der Waals surface area contributed by atoms with Crippen molar-refractivity contribution in [3.63, 3.8) is 0 Å². The van der Waals surface area contributed by atoms with E-state index in [-0.39, 0.29) is 11.9 Å². The van der Waals surface area contributed by atoms with Crippen molar-refractivity contribution in [3.8, 4) is 0 Å². The van der Waals surface area contributed by atoms with Crippen molar-refractivity contribution in [1.29, 1.82) is 0 Å². The summed E-state index contributed by atoms with van der Waals surface area (Å²) < 4.78 is 0. The van der Waals surface area contributed by atoms with Crippen molar-refractivity contribution >= 4 is 5.91 Å². The Labute approximate surface area is 94.7 Å². The van der Waals surface area contributed by atoms with Crippen LogP contribution in [0, 0.1) is 0 Å². The van der Waals surface area contributed by atoms with Crippen LogP contribution in [0.2, 0.25) is 0 Å². The molecule has 2 aliphatic rings. The molecule has 2 atom stereocenters. The monoisotopic (exact) mass is 217 g/mol. The molecule has 0 aromatic heterocycles. The molecule has 2 aliphatic heterocycles. The molecule has 0 saturated carbocycles. The lowest BCUT2D eigenvalue weighted by Gasteiger charge is -2.53. The molecule has 1 aromatic rings. The van der Waals surface area contributed by atoms with E-state index >= 15 is 0 Å². The molecule has 1 N–H and O–H groups in total. The van der Waals surface area contributed by atoms with E-state index in [1.54, 1.807) is 0 Å². The van der Waals surface area contributed by atoms with Crippen LogP contribution in [-0.4, -0.2) is 28.5 Å². The van der Waals surface area contributed by atoms with Crippen LogP contribution < -0.4 is 0 Å². The highest BCUT2D eigenvalue weighted by atomic mass is 16.3. The molecular formula is C13H15NO2. The summed E-state index contributed by atoms with van der Waals surface area (Å²) in [7, 11) is 0. The van der Waals surface area contributed by atoms with E-state index in [1.807, 2.05) is 35.2 Å². The minimum absolute atomic E-state index is 0.00356. The molecule has 3 nitrogen and oxygen atoms in total. The fourth-order valence-electron chi connectivity index (χ4n) is 2.85. The molecule has 2 heterocycles. The number of benzene rings is 1. The number of rotatable bonds is 1. The fraction of sp³-hybridized carbons (Fsp3) is 0.462. The van der Waals surface area contributed by atoms with Crippen molar-refractivity contribution in [2.24, 2.45) is 0 Å². The van der Waals surface area contributed by atoms with Gasteiger partial charge in [0.05, 0.1) is 6.04 Å². The van der Waals surface area contributed by atoms with Gasteiger partial charge in [0, 0.05) is 13.0 Å². The smallest absolute Gasteiger partial charge is 0.223 e. The molecule has 16 heavy (non-hydrogen) atoms. The van der Waals surface area contributed by atoms with Gasteiger partial charge in [-0.05, 0) is 18.4 Å². The van der Waals surface area contributed by atoms with Crippen LogP contribution in [0.4, 0.5) is 0 Å². The highest BCUT2D eigenvalue weighted by molar-refractivity contribution is 5.79. The second kappa shape index (κ2) is 3.32. The van der Waals surface area contributed by atoms with Gasteiger partial charge >= 0.3 is 0 Å². The van der Waals surface area contributed by atoms with Crippen LogP contribution in [0.25, 0.3) is 0 Å². The summed E-state index contributed by atoms with van der Waals surface area (Å²) >= 11 is 0. The maximum atomic E-state index is 11.6. The number of amides is 1. The van der Waals surface area contributed by atoms with Gasteiger partial charge in [-0.1, -0.05) is 30.3 Å². The quantitative estimate of drug-likeness (QED) is 0.769. The Morgan fingerprint density at radius 2 is 2.06 bits per heavy atom. The Morgan fingerprint density at radius 1 is 1.31 bits per heavy atom. The highest BCUT2D eigenvalue weighted by Gasteiger charge is 2.51. The second-order valence-corrected chi connectivity index (χ2v) is 4.68. The first-order valence-electron chi connectivity index (χ1n) is 5.79. The van der Waals surface area contributed by atoms with Crippen LogP contribution in [0.5, 0.6) is 0 Å². The Bertz CT molecular complexity index is 417. The van der Waals surface area contributed by atoms with Gasteiger partial charge in [0.15, 0.2) is 0 Å². The molecule has 0 radical (unpaired) electrons. The number of aliphatic hydroxyl groups is 1. The average molecular weight is 217 g/mol. The third-order valence-electron chi connectivity index (χ3n) is 3.88. The lowest BCUT2D eigenvalue weighted by atomic mass is 9.73. The molecule has 1 aromatic carbocycles. The molecule has 0 aliphatic carbocycles. The largest absolute Gasteiger partial charge is 0.383 e. The molecule has 0 spiro atoms. The van der Waals surface area contributed by atoms with Crippen molar-refractivity contribution in [2.45, 2.75) is 30.9 Å². The van der Waals surface area contributed by atoms with Crippen molar-refractivity contribution in [2.75, 3.05) is 6.54 Å². The van der Waals surface area contributed by atoms with Crippen LogP contribution in [0.3, 0.4) is 0 Å². The maximum Gasteiger partial charge on any atom is 0.223 e. The summed E-state index contributed by atoms with van der Waals surface area (Å²) in [6, 6.07) is 9.72. The SMILES string of the molecule is O=C1CC[C@@](O)(c2ccccc2)[C@@H]2CCN12. The summed E-state index contributed by atoms with van der Waals surface area (Å²) in [6.45, 7) is 0.804. The fourth-order valence-corrected chi connectivity index (χ4v) is 2.85. The van der Waals surface area contributed by atoms with E-state index in [4.69, 9.17) is 0 Å². The molecule has 0 bridgehead atoms. The van der Waals surface area contributed by atoms with Crippen molar-refractivity contribution in [3.05, 3.63) is 35.9 Å². The topological polar surface area (TPSA) is 40.5 Å². The van der Waals surface area contributed by atoms with Gasteiger partial charge in [-0.3, -0.25) is 4.79 Å². The van der Waals surface area contributed by atoms with Gasteiger partial charge in [0.25, 0.3) is 0 Å². The van der Waals surface area contributed by atoms with Gasteiger partial charge in [0.2, 0.25) is 5.91 Å². The Kier molecular flexibility index (Phi) is 2.04. The Hall–Kier alpha value is -1.35. The molecular weight excluding hydrogens is 202 g/mol. The third-order valence-corrected chi connectivity index (χ3v) is 3.88. The summed E-state index contributed by atoms with van der Waals surface area (Å²) in [5.74, 6) is 0.192. The van der Waals surface area contributed by atoms with E-state index < -0.39 is 5.60 Å². The van der Waals surface area contributed by atoms with Gasteiger partial charge in [-0.2, -0.15) is 0 Å². The molecule has 3 heteroatoms. The van der Waals surface area contributed by atoms with Gasteiger partial charge < -0.3 is 10.0 Å². The summed E-state index contributed by atoms with van der Waals surface area (Å²) in [6.07, 6.45) is 1.93. The van der Waals surface area contributed by atoms with Gasteiger partial charge in [-0.15, -0.1) is 0 Å². The zero-order valence-electron chi connectivity index (χ0n) is 9.10. The maximum absolute atomic E-state index is 11.6. The molecule has 2 saturated heterocycles. The standard InChI is InChI=1S/C13H15NO2/c15-12-6-8-13(16,11-7-9-14(11)12)10-4-2-1-3-5-10/h1-5,11,16H,6-9H2/t11-,13+/m0/s1. The number of hydrogen-bond acceptors (Lipinski definition) is 2. The van der Waals surface area contributed by atoms with Gasteiger partial charge in [0.1, 0.15) is 5.60 Å². The molecule has 0 unspecified atom stereocenters. The Balaban J connectivity index is 1.96. The minimum atomic E-state index is -0.826. The van der Waals surface area contributed by atoms with Crippen molar-refractivity contribution < 1.29 is 9.90 Å². The second-order valence-electron chi connectivity index (χ2n) is 4.68.